The van der Waals surface area contributed by atoms with Crippen LogP contribution in [0.25, 0.3) is 10.9 Å². The van der Waals surface area contributed by atoms with Crippen molar-refractivity contribution < 1.29 is 4.74 Å². The Balaban J connectivity index is 1.67. The number of hydrogen-bond acceptors (Lipinski definition) is 4. The first-order valence-electron chi connectivity index (χ1n) is 7.52. The van der Waals surface area contributed by atoms with Crippen LogP contribution in [0.3, 0.4) is 0 Å². The van der Waals surface area contributed by atoms with Gasteiger partial charge in [0.1, 0.15) is 24.1 Å². The second kappa shape index (κ2) is 6.55. The molecule has 1 aliphatic heterocycles. The van der Waals surface area contributed by atoms with Crippen LogP contribution in [0.1, 0.15) is 25.0 Å². The fourth-order valence-electron chi connectivity index (χ4n) is 2.78. The van der Waals surface area contributed by atoms with E-state index < -0.39 is 0 Å². The SMILES string of the molecule is N#Cc1ccc2c(OCCN3CCCCC3)cccc2n1. The summed E-state index contributed by atoms with van der Waals surface area (Å²) in [5.74, 6) is 0.849. The van der Waals surface area contributed by atoms with Crippen LogP contribution in [0.4, 0.5) is 0 Å². The number of benzene rings is 1. The molecule has 1 fully saturated rings. The lowest BCUT2D eigenvalue weighted by Crippen LogP contribution is -2.33. The van der Waals surface area contributed by atoms with E-state index in [1.807, 2.05) is 24.3 Å². The monoisotopic (exact) mass is 281 g/mol. The van der Waals surface area contributed by atoms with Crippen LogP contribution in [-0.4, -0.2) is 36.1 Å². The summed E-state index contributed by atoms with van der Waals surface area (Å²) in [7, 11) is 0. The molecule has 1 aliphatic rings. The first-order valence-corrected chi connectivity index (χ1v) is 7.52. The molecule has 2 heterocycles. The van der Waals surface area contributed by atoms with Crippen molar-refractivity contribution in [2.45, 2.75) is 19.3 Å². The molecule has 1 saturated heterocycles. The molecule has 0 unspecified atom stereocenters. The van der Waals surface area contributed by atoms with Crippen LogP contribution in [0, 0.1) is 11.3 Å². The lowest BCUT2D eigenvalue weighted by Gasteiger charge is -2.26. The normalized spacial score (nSPS) is 15.8. The van der Waals surface area contributed by atoms with Gasteiger partial charge in [0.2, 0.25) is 0 Å². The first-order chi connectivity index (χ1) is 10.4. The number of rotatable bonds is 4. The molecule has 0 radical (unpaired) electrons. The van der Waals surface area contributed by atoms with Gasteiger partial charge in [-0.05, 0) is 50.2 Å². The summed E-state index contributed by atoms with van der Waals surface area (Å²) < 4.78 is 5.93. The molecule has 108 valence electrons. The molecule has 0 aliphatic carbocycles. The summed E-state index contributed by atoms with van der Waals surface area (Å²) in [5, 5.41) is 9.87. The maximum absolute atomic E-state index is 8.90. The van der Waals surface area contributed by atoms with Gasteiger partial charge >= 0.3 is 0 Å². The molecule has 4 heteroatoms. The van der Waals surface area contributed by atoms with E-state index in [9.17, 15) is 0 Å². The molecule has 0 N–H and O–H groups in total. The van der Waals surface area contributed by atoms with E-state index in [0.29, 0.717) is 12.3 Å². The Kier molecular flexibility index (Phi) is 4.32. The Morgan fingerprint density at radius 2 is 2.00 bits per heavy atom. The Bertz CT molecular complexity index is 657. The fourth-order valence-corrected chi connectivity index (χ4v) is 2.78. The third kappa shape index (κ3) is 3.32. The maximum Gasteiger partial charge on any atom is 0.141 e. The smallest absolute Gasteiger partial charge is 0.141 e. The summed E-state index contributed by atoms with van der Waals surface area (Å²) in [6.45, 7) is 4.04. The van der Waals surface area contributed by atoms with E-state index in [-0.39, 0.29) is 0 Å². The van der Waals surface area contributed by atoms with Gasteiger partial charge in [0.05, 0.1) is 5.52 Å². The second-order valence-corrected chi connectivity index (χ2v) is 5.38. The van der Waals surface area contributed by atoms with Gasteiger partial charge < -0.3 is 4.74 Å². The van der Waals surface area contributed by atoms with Gasteiger partial charge in [-0.15, -0.1) is 0 Å². The van der Waals surface area contributed by atoms with Crippen LogP contribution < -0.4 is 4.74 Å². The molecule has 0 amide bonds. The average molecular weight is 281 g/mol. The predicted octanol–water partition coefficient (Wildman–Crippen LogP) is 2.97. The van der Waals surface area contributed by atoms with Crippen LogP contribution in [0.15, 0.2) is 30.3 Å². The lowest BCUT2D eigenvalue weighted by molar-refractivity contribution is 0.184. The summed E-state index contributed by atoms with van der Waals surface area (Å²) in [6, 6.07) is 11.5. The molecular weight excluding hydrogens is 262 g/mol. The van der Waals surface area contributed by atoms with E-state index in [4.69, 9.17) is 10.00 Å². The number of likely N-dealkylation sites (tertiary alicyclic amines) is 1. The Hall–Kier alpha value is -2.12. The van der Waals surface area contributed by atoms with Crippen molar-refractivity contribution in [2.75, 3.05) is 26.2 Å². The molecule has 0 saturated carbocycles. The summed E-state index contributed by atoms with van der Waals surface area (Å²) in [4.78, 5) is 6.76. The van der Waals surface area contributed by atoms with E-state index in [1.165, 1.54) is 32.4 Å². The topological polar surface area (TPSA) is 49.1 Å². The number of ether oxygens (including phenoxy) is 1. The molecular formula is C17H19N3O. The van der Waals surface area contributed by atoms with Gasteiger partial charge in [-0.25, -0.2) is 4.98 Å². The minimum Gasteiger partial charge on any atom is -0.492 e. The van der Waals surface area contributed by atoms with Gasteiger partial charge in [0, 0.05) is 11.9 Å². The zero-order valence-electron chi connectivity index (χ0n) is 12.1. The molecule has 0 spiro atoms. The van der Waals surface area contributed by atoms with Crippen LogP contribution in [-0.2, 0) is 0 Å². The summed E-state index contributed by atoms with van der Waals surface area (Å²) in [6.07, 6.45) is 3.96. The zero-order chi connectivity index (χ0) is 14.5. The maximum atomic E-state index is 8.90. The number of pyridine rings is 1. The standard InChI is InChI=1S/C17H19N3O/c18-13-14-7-8-15-16(19-14)5-4-6-17(15)21-12-11-20-9-2-1-3-10-20/h4-8H,1-3,9-12H2. The fraction of sp³-hybridized carbons (Fsp3) is 0.412. The van der Waals surface area contributed by atoms with Crippen LogP contribution in [0.2, 0.25) is 0 Å². The van der Waals surface area contributed by atoms with E-state index in [0.717, 1.165) is 23.2 Å². The van der Waals surface area contributed by atoms with Crippen LogP contribution in [0.5, 0.6) is 5.75 Å². The molecule has 4 nitrogen and oxygen atoms in total. The van der Waals surface area contributed by atoms with Crippen molar-refractivity contribution in [1.29, 1.82) is 5.26 Å². The Morgan fingerprint density at radius 1 is 1.14 bits per heavy atom. The number of fused-ring (bicyclic) bond motifs is 1. The van der Waals surface area contributed by atoms with E-state index in [1.54, 1.807) is 6.07 Å². The molecule has 0 bridgehead atoms. The highest BCUT2D eigenvalue weighted by molar-refractivity contribution is 5.85. The van der Waals surface area contributed by atoms with Crippen molar-refractivity contribution in [3.8, 4) is 11.8 Å². The highest BCUT2D eigenvalue weighted by Gasteiger charge is 2.10. The molecule has 1 aromatic heterocycles. The minimum atomic E-state index is 0.438. The minimum absolute atomic E-state index is 0.438. The first kappa shape index (κ1) is 13.8. The quantitative estimate of drug-likeness (QED) is 0.864. The average Bonchev–Trinajstić information content (AvgIpc) is 2.55. The predicted molar refractivity (Wildman–Crippen MR) is 82.2 cm³/mol. The Morgan fingerprint density at radius 3 is 2.81 bits per heavy atom. The third-order valence-electron chi connectivity index (χ3n) is 3.92. The summed E-state index contributed by atoms with van der Waals surface area (Å²) in [5.41, 5.74) is 1.25. The second-order valence-electron chi connectivity index (χ2n) is 5.38. The summed E-state index contributed by atoms with van der Waals surface area (Å²) >= 11 is 0. The van der Waals surface area contributed by atoms with Crippen molar-refractivity contribution in [3.63, 3.8) is 0 Å². The highest BCUT2D eigenvalue weighted by atomic mass is 16.5. The van der Waals surface area contributed by atoms with Gasteiger partial charge in [-0.2, -0.15) is 5.26 Å². The van der Waals surface area contributed by atoms with Crippen molar-refractivity contribution in [2.24, 2.45) is 0 Å². The van der Waals surface area contributed by atoms with E-state index in [2.05, 4.69) is 16.0 Å². The largest absolute Gasteiger partial charge is 0.492 e. The van der Waals surface area contributed by atoms with Gasteiger partial charge in [0.25, 0.3) is 0 Å². The number of nitrogens with zero attached hydrogens (tertiary/aromatic N) is 3. The third-order valence-corrected chi connectivity index (χ3v) is 3.92. The highest BCUT2D eigenvalue weighted by Crippen LogP contribution is 2.24. The van der Waals surface area contributed by atoms with E-state index >= 15 is 0 Å². The molecule has 3 rings (SSSR count). The Labute approximate surface area is 125 Å². The molecule has 0 atom stereocenters. The molecule has 21 heavy (non-hydrogen) atoms. The number of aromatic nitrogens is 1. The van der Waals surface area contributed by atoms with Gasteiger partial charge in [-0.1, -0.05) is 12.5 Å². The zero-order valence-corrected chi connectivity index (χ0v) is 12.1. The van der Waals surface area contributed by atoms with Crippen molar-refractivity contribution in [1.82, 2.24) is 9.88 Å². The van der Waals surface area contributed by atoms with Crippen LogP contribution >= 0.6 is 0 Å². The number of piperidine rings is 1. The van der Waals surface area contributed by atoms with Gasteiger partial charge in [-0.3, -0.25) is 4.90 Å². The molecule has 2 aromatic rings. The number of hydrogen-bond donors (Lipinski definition) is 0. The van der Waals surface area contributed by atoms with Crippen molar-refractivity contribution >= 4 is 10.9 Å². The van der Waals surface area contributed by atoms with Gasteiger partial charge in [0.15, 0.2) is 0 Å². The number of nitriles is 1. The molecule has 1 aromatic carbocycles. The lowest BCUT2D eigenvalue weighted by atomic mass is 10.1. The van der Waals surface area contributed by atoms with Crippen molar-refractivity contribution in [3.05, 3.63) is 36.0 Å².